The summed E-state index contributed by atoms with van der Waals surface area (Å²) in [5.74, 6) is 1.05. The van der Waals surface area contributed by atoms with Crippen molar-refractivity contribution in [1.29, 1.82) is 0 Å². The molecule has 118 valence electrons. The number of hydrogen-bond acceptors (Lipinski definition) is 3. The molecule has 1 heterocycles. The van der Waals surface area contributed by atoms with Crippen LogP contribution in [0.5, 0.6) is 0 Å². The van der Waals surface area contributed by atoms with Crippen LogP contribution in [0.15, 0.2) is 40.8 Å². The zero-order valence-corrected chi connectivity index (χ0v) is 12.7. The number of carbonyl (C=O) groups excluding carboxylic acids is 1. The van der Waals surface area contributed by atoms with Crippen LogP contribution >= 0.6 is 0 Å². The van der Waals surface area contributed by atoms with Gasteiger partial charge in [-0.05, 0) is 43.7 Å². The Morgan fingerprint density at radius 1 is 1.27 bits per heavy atom. The first kappa shape index (κ1) is 16.2. The minimum absolute atomic E-state index is 0.164. The molecule has 1 aromatic carbocycles. The monoisotopic (exact) mass is 305 g/mol. The molecule has 2 rings (SSSR count). The summed E-state index contributed by atoms with van der Waals surface area (Å²) in [4.78, 5) is 11.9. The highest BCUT2D eigenvalue weighted by Gasteiger charge is 2.18. The van der Waals surface area contributed by atoms with E-state index in [0.717, 1.165) is 11.5 Å². The fraction of sp³-hybridized carbons (Fsp3) is 0.353. The summed E-state index contributed by atoms with van der Waals surface area (Å²) in [5, 5.41) is 12.9. The van der Waals surface area contributed by atoms with E-state index in [9.17, 15) is 14.3 Å². The quantitative estimate of drug-likeness (QED) is 0.862. The maximum Gasteiger partial charge on any atom is 0.220 e. The molecule has 2 atom stereocenters. The molecule has 0 radical (unpaired) electrons. The summed E-state index contributed by atoms with van der Waals surface area (Å²) in [7, 11) is 0. The van der Waals surface area contributed by atoms with Crippen LogP contribution in [0.4, 0.5) is 4.39 Å². The van der Waals surface area contributed by atoms with Crippen molar-refractivity contribution in [2.45, 2.75) is 38.8 Å². The van der Waals surface area contributed by atoms with Crippen LogP contribution in [0.1, 0.15) is 36.5 Å². The standard InChI is InChI=1S/C17H20FNO3/c1-11-3-8-15(22-11)9-10-16(20)19-12(2)17(21)13-4-6-14(18)7-5-13/h3-8,12,17,21H,9-10H2,1-2H3,(H,19,20). The molecule has 0 aliphatic carbocycles. The van der Waals surface area contributed by atoms with Crippen molar-refractivity contribution in [3.8, 4) is 0 Å². The van der Waals surface area contributed by atoms with Gasteiger partial charge in [0.25, 0.3) is 0 Å². The molecule has 2 unspecified atom stereocenters. The number of amides is 1. The maximum absolute atomic E-state index is 12.9. The first-order valence-electron chi connectivity index (χ1n) is 7.24. The van der Waals surface area contributed by atoms with Crippen molar-refractivity contribution in [1.82, 2.24) is 5.32 Å². The molecule has 1 aromatic heterocycles. The Hall–Kier alpha value is -2.14. The van der Waals surface area contributed by atoms with Crippen LogP contribution < -0.4 is 5.32 Å². The summed E-state index contributed by atoms with van der Waals surface area (Å²) >= 11 is 0. The maximum atomic E-state index is 12.9. The lowest BCUT2D eigenvalue weighted by Crippen LogP contribution is -2.37. The fourth-order valence-corrected chi connectivity index (χ4v) is 2.21. The van der Waals surface area contributed by atoms with Gasteiger partial charge in [-0.25, -0.2) is 4.39 Å². The molecule has 0 aliphatic heterocycles. The number of benzene rings is 1. The number of hydrogen-bond donors (Lipinski definition) is 2. The van der Waals surface area contributed by atoms with E-state index in [0.29, 0.717) is 12.0 Å². The number of aliphatic hydroxyl groups is 1. The Kier molecular flexibility index (Phi) is 5.33. The SMILES string of the molecule is Cc1ccc(CCC(=O)NC(C)C(O)c2ccc(F)cc2)o1. The van der Waals surface area contributed by atoms with E-state index in [1.807, 2.05) is 19.1 Å². The molecule has 0 fully saturated rings. The second-order valence-electron chi connectivity index (χ2n) is 5.36. The average molecular weight is 305 g/mol. The summed E-state index contributed by atoms with van der Waals surface area (Å²) in [5.41, 5.74) is 0.566. The normalized spacial score (nSPS) is 13.6. The second kappa shape index (κ2) is 7.22. The lowest BCUT2D eigenvalue weighted by atomic mass is 10.0. The van der Waals surface area contributed by atoms with E-state index in [1.165, 1.54) is 24.3 Å². The van der Waals surface area contributed by atoms with Gasteiger partial charge in [0, 0.05) is 12.8 Å². The van der Waals surface area contributed by atoms with Gasteiger partial charge in [-0.15, -0.1) is 0 Å². The molecule has 0 saturated carbocycles. The number of halogens is 1. The van der Waals surface area contributed by atoms with Crippen LogP contribution in [0, 0.1) is 12.7 Å². The van der Waals surface area contributed by atoms with Crippen LogP contribution in [0.2, 0.25) is 0 Å². The van der Waals surface area contributed by atoms with Crippen LogP contribution in [-0.4, -0.2) is 17.1 Å². The summed E-state index contributed by atoms with van der Waals surface area (Å²) in [6.45, 7) is 3.56. The molecular weight excluding hydrogens is 285 g/mol. The molecule has 2 N–H and O–H groups in total. The van der Waals surface area contributed by atoms with Crippen molar-refractivity contribution < 1.29 is 18.7 Å². The number of aliphatic hydroxyl groups excluding tert-OH is 1. The van der Waals surface area contributed by atoms with E-state index in [1.54, 1.807) is 6.92 Å². The van der Waals surface area contributed by atoms with Gasteiger partial charge in [-0.2, -0.15) is 0 Å². The van der Waals surface area contributed by atoms with Gasteiger partial charge in [-0.1, -0.05) is 12.1 Å². The Balaban J connectivity index is 1.83. The molecule has 2 aromatic rings. The zero-order valence-electron chi connectivity index (χ0n) is 12.7. The summed E-state index contributed by atoms with van der Waals surface area (Å²) < 4.78 is 18.3. The van der Waals surface area contributed by atoms with E-state index < -0.39 is 12.1 Å². The number of furan rings is 1. The lowest BCUT2D eigenvalue weighted by molar-refractivity contribution is -0.122. The highest BCUT2D eigenvalue weighted by molar-refractivity contribution is 5.76. The molecule has 1 amide bonds. The lowest BCUT2D eigenvalue weighted by Gasteiger charge is -2.20. The van der Waals surface area contributed by atoms with Gasteiger partial charge in [0.1, 0.15) is 17.3 Å². The van der Waals surface area contributed by atoms with Crippen LogP contribution in [0.3, 0.4) is 0 Å². The van der Waals surface area contributed by atoms with Crippen molar-refractivity contribution in [2.75, 3.05) is 0 Å². The highest BCUT2D eigenvalue weighted by Crippen LogP contribution is 2.17. The predicted molar refractivity (Wildman–Crippen MR) is 80.7 cm³/mol. The van der Waals surface area contributed by atoms with Gasteiger partial charge in [-0.3, -0.25) is 4.79 Å². The number of carbonyl (C=O) groups is 1. The first-order chi connectivity index (χ1) is 10.5. The van der Waals surface area contributed by atoms with Gasteiger partial charge in [0.05, 0.1) is 12.1 Å². The highest BCUT2D eigenvalue weighted by atomic mass is 19.1. The van der Waals surface area contributed by atoms with Crippen molar-refractivity contribution >= 4 is 5.91 Å². The zero-order chi connectivity index (χ0) is 16.1. The third-order valence-corrected chi connectivity index (χ3v) is 3.47. The third-order valence-electron chi connectivity index (χ3n) is 3.47. The molecule has 0 aliphatic rings. The van der Waals surface area contributed by atoms with Gasteiger partial charge >= 0.3 is 0 Å². The number of nitrogens with one attached hydrogen (secondary N) is 1. The van der Waals surface area contributed by atoms with E-state index in [2.05, 4.69) is 5.32 Å². The van der Waals surface area contributed by atoms with E-state index in [-0.39, 0.29) is 18.1 Å². The molecule has 5 heteroatoms. The fourth-order valence-electron chi connectivity index (χ4n) is 2.21. The van der Waals surface area contributed by atoms with Crippen LogP contribution in [0.25, 0.3) is 0 Å². The minimum Gasteiger partial charge on any atom is -0.466 e. The summed E-state index contributed by atoms with van der Waals surface area (Å²) in [6, 6.07) is 8.82. The summed E-state index contributed by atoms with van der Waals surface area (Å²) in [6.07, 6.45) is -0.0812. The smallest absolute Gasteiger partial charge is 0.220 e. The van der Waals surface area contributed by atoms with Gasteiger partial charge < -0.3 is 14.8 Å². The molecule has 4 nitrogen and oxygen atoms in total. The second-order valence-corrected chi connectivity index (χ2v) is 5.36. The Bertz CT molecular complexity index is 621. The molecule has 0 spiro atoms. The van der Waals surface area contributed by atoms with Crippen molar-refractivity contribution in [3.63, 3.8) is 0 Å². The number of aryl methyl sites for hydroxylation is 2. The Labute approximate surface area is 129 Å². The van der Waals surface area contributed by atoms with Gasteiger partial charge in [0.2, 0.25) is 5.91 Å². The van der Waals surface area contributed by atoms with Gasteiger partial charge in [0.15, 0.2) is 0 Å². The van der Waals surface area contributed by atoms with Crippen LogP contribution in [-0.2, 0) is 11.2 Å². The average Bonchev–Trinajstić information content (AvgIpc) is 2.91. The number of rotatable bonds is 6. The predicted octanol–water partition coefficient (Wildman–Crippen LogP) is 2.90. The van der Waals surface area contributed by atoms with Crippen molar-refractivity contribution in [2.24, 2.45) is 0 Å². The molecule has 22 heavy (non-hydrogen) atoms. The Morgan fingerprint density at radius 2 is 1.95 bits per heavy atom. The van der Waals surface area contributed by atoms with Crippen molar-refractivity contribution in [3.05, 3.63) is 59.3 Å². The molecular formula is C17H20FNO3. The topological polar surface area (TPSA) is 62.5 Å². The molecule has 0 saturated heterocycles. The van der Waals surface area contributed by atoms with E-state index >= 15 is 0 Å². The first-order valence-corrected chi connectivity index (χ1v) is 7.24. The molecule has 0 bridgehead atoms. The largest absolute Gasteiger partial charge is 0.466 e. The van der Waals surface area contributed by atoms with E-state index in [4.69, 9.17) is 4.42 Å². The Morgan fingerprint density at radius 3 is 2.55 bits per heavy atom. The minimum atomic E-state index is -0.879. The third kappa shape index (κ3) is 4.43.